The zero-order valence-electron chi connectivity index (χ0n) is 16.3. The van der Waals surface area contributed by atoms with E-state index in [-0.39, 0.29) is 0 Å². The molecule has 0 aliphatic rings. The van der Waals surface area contributed by atoms with Crippen LogP contribution in [0.4, 0.5) is 24.5 Å². The fourth-order valence-electron chi connectivity index (χ4n) is 2.92. The number of hydrogen-bond acceptors (Lipinski definition) is 7. The Morgan fingerprint density at radius 3 is 2.55 bits per heavy atom. The third kappa shape index (κ3) is 4.55. The topological polar surface area (TPSA) is 130 Å². The molecule has 0 amide bonds. The first-order chi connectivity index (χ1) is 15.8. The summed E-state index contributed by atoms with van der Waals surface area (Å²) in [6.07, 6.45) is 1.64. The number of carbonyl (C=O) groups is 1. The summed E-state index contributed by atoms with van der Waals surface area (Å²) in [5.74, 6) is -1.74. The molecule has 5 aromatic rings. The van der Waals surface area contributed by atoms with Crippen LogP contribution in [0.5, 0.6) is 0 Å². The molecule has 0 fully saturated rings. The number of carboxylic acids is 1. The lowest BCUT2D eigenvalue weighted by atomic mass is 10.2. The molecule has 0 atom stereocenters. The number of carboxylic acid groups (broad SMARTS) is 1. The molecule has 3 N–H and O–H groups in total. The van der Waals surface area contributed by atoms with Gasteiger partial charge in [-0.2, -0.15) is 18.3 Å². The average molecular weight is 477 g/mol. The molecule has 9 nitrogen and oxygen atoms in total. The zero-order valence-corrected chi connectivity index (χ0v) is 17.0. The van der Waals surface area contributed by atoms with Gasteiger partial charge in [-0.25, -0.2) is 14.8 Å². The van der Waals surface area contributed by atoms with Gasteiger partial charge in [0.05, 0.1) is 28.5 Å². The molecule has 13 heteroatoms. The van der Waals surface area contributed by atoms with Crippen molar-refractivity contribution >= 4 is 50.8 Å². The molecule has 168 valence electrons. The van der Waals surface area contributed by atoms with Gasteiger partial charge >= 0.3 is 12.1 Å². The first-order valence-corrected chi connectivity index (χ1v) is 9.47. The molecule has 4 aromatic heterocycles. The lowest BCUT2D eigenvalue weighted by Crippen LogP contribution is -2.21. The van der Waals surface area contributed by atoms with E-state index in [1.807, 2.05) is 24.3 Å². The van der Waals surface area contributed by atoms with Crippen LogP contribution in [-0.4, -0.2) is 42.4 Å². The third-order valence-electron chi connectivity index (χ3n) is 4.30. The van der Waals surface area contributed by atoms with Crippen LogP contribution in [0.2, 0.25) is 5.15 Å². The van der Waals surface area contributed by atoms with E-state index < -0.39 is 12.1 Å². The Bertz CT molecular complexity index is 1440. The van der Waals surface area contributed by atoms with Crippen molar-refractivity contribution in [3.63, 3.8) is 0 Å². The second-order valence-corrected chi connectivity index (χ2v) is 6.79. The Kier molecular flexibility index (Phi) is 5.84. The van der Waals surface area contributed by atoms with Gasteiger partial charge in [-0.05, 0) is 24.3 Å². The van der Waals surface area contributed by atoms with Crippen LogP contribution in [0, 0.1) is 0 Å². The lowest BCUT2D eigenvalue weighted by molar-refractivity contribution is -0.192. The number of benzene rings is 1. The Morgan fingerprint density at radius 2 is 1.85 bits per heavy atom. The van der Waals surface area contributed by atoms with E-state index in [2.05, 4.69) is 30.5 Å². The molecule has 0 aliphatic heterocycles. The maximum atomic E-state index is 10.6. The van der Waals surface area contributed by atoms with Gasteiger partial charge in [0.2, 0.25) is 0 Å². The summed E-state index contributed by atoms with van der Waals surface area (Å²) in [4.78, 5) is 21.6. The van der Waals surface area contributed by atoms with Crippen molar-refractivity contribution in [1.82, 2.24) is 25.1 Å². The molecule has 33 heavy (non-hydrogen) atoms. The number of nitrogens with one attached hydrogen (secondary N) is 2. The molecule has 0 saturated carbocycles. The minimum atomic E-state index is -5.08. The molecule has 0 saturated heterocycles. The van der Waals surface area contributed by atoms with Crippen LogP contribution in [0.3, 0.4) is 0 Å². The molecular formula is C20H12ClF3N6O3. The highest BCUT2D eigenvalue weighted by atomic mass is 35.5. The Morgan fingerprint density at radius 1 is 1.12 bits per heavy atom. The van der Waals surface area contributed by atoms with Crippen molar-refractivity contribution in [3.05, 3.63) is 60.3 Å². The van der Waals surface area contributed by atoms with Crippen molar-refractivity contribution < 1.29 is 27.5 Å². The highest BCUT2D eigenvalue weighted by molar-refractivity contribution is 6.35. The molecule has 1 aromatic carbocycles. The monoisotopic (exact) mass is 476 g/mol. The maximum Gasteiger partial charge on any atom is 0.490 e. The lowest BCUT2D eigenvalue weighted by Gasteiger charge is -2.08. The van der Waals surface area contributed by atoms with Crippen LogP contribution >= 0.6 is 11.6 Å². The average Bonchev–Trinajstić information content (AvgIpc) is 3.36. The normalized spacial score (nSPS) is 11.3. The third-order valence-corrected chi connectivity index (χ3v) is 4.57. The number of aromatic amines is 1. The van der Waals surface area contributed by atoms with Crippen molar-refractivity contribution in [2.24, 2.45) is 0 Å². The van der Waals surface area contributed by atoms with E-state index in [1.54, 1.807) is 30.9 Å². The highest BCUT2D eigenvalue weighted by Gasteiger charge is 2.38. The number of aliphatic carboxylic acids is 1. The van der Waals surface area contributed by atoms with Gasteiger partial charge in [0.15, 0.2) is 17.2 Å². The van der Waals surface area contributed by atoms with Crippen LogP contribution in [0.15, 0.2) is 59.5 Å². The van der Waals surface area contributed by atoms with Crippen LogP contribution in [-0.2, 0) is 4.79 Å². The summed E-state index contributed by atoms with van der Waals surface area (Å²) in [5, 5.41) is 19.7. The SMILES string of the molecule is Clc1[nH]nc2cccc(Nc3c(-c4ncccn4)oc4cnccc34)c12.O=C(O)C(F)(F)F. The number of pyridine rings is 1. The molecular weight excluding hydrogens is 465 g/mol. The smallest absolute Gasteiger partial charge is 0.475 e. The highest BCUT2D eigenvalue weighted by Crippen LogP contribution is 2.40. The van der Waals surface area contributed by atoms with Gasteiger partial charge in [0, 0.05) is 24.0 Å². The molecule has 0 aliphatic carbocycles. The van der Waals surface area contributed by atoms with E-state index in [0.29, 0.717) is 22.3 Å². The summed E-state index contributed by atoms with van der Waals surface area (Å²) < 4.78 is 37.7. The van der Waals surface area contributed by atoms with Gasteiger partial charge in [-0.1, -0.05) is 17.7 Å². The molecule has 0 spiro atoms. The summed E-state index contributed by atoms with van der Waals surface area (Å²) in [6.45, 7) is 0. The number of anilines is 2. The summed E-state index contributed by atoms with van der Waals surface area (Å²) in [5.41, 5.74) is 2.96. The second kappa shape index (κ2) is 8.74. The van der Waals surface area contributed by atoms with Crippen LogP contribution in [0.1, 0.15) is 0 Å². The first kappa shape index (κ1) is 22.0. The van der Waals surface area contributed by atoms with E-state index in [0.717, 1.165) is 27.7 Å². The van der Waals surface area contributed by atoms with Gasteiger partial charge in [0.1, 0.15) is 5.15 Å². The number of alkyl halides is 3. The van der Waals surface area contributed by atoms with Crippen molar-refractivity contribution in [2.45, 2.75) is 6.18 Å². The largest absolute Gasteiger partial charge is 0.490 e. The maximum absolute atomic E-state index is 10.6. The first-order valence-electron chi connectivity index (χ1n) is 9.09. The number of furan rings is 1. The Labute approximate surface area is 187 Å². The minimum absolute atomic E-state index is 0.468. The van der Waals surface area contributed by atoms with E-state index in [9.17, 15) is 13.2 Å². The standard InChI is InChI=1S/C18H11ClN6O.C2HF3O2/c19-17-14-11(3-1-4-12(14)24-25-17)23-15-10-5-8-20-9-13(10)26-16(15)18-21-6-2-7-22-18;3-2(4,5)1(6)7/h1-9,23H,(H,24,25);(H,6,7). The predicted octanol–water partition coefficient (Wildman–Crippen LogP) is 5.19. The zero-order chi connectivity index (χ0) is 23.6. The van der Waals surface area contributed by atoms with E-state index >= 15 is 0 Å². The molecule has 5 rings (SSSR count). The van der Waals surface area contributed by atoms with Crippen LogP contribution < -0.4 is 5.32 Å². The quantitative estimate of drug-likeness (QED) is 0.324. The number of aromatic nitrogens is 5. The van der Waals surface area contributed by atoms with Crippen molar-refractivity contribution in [1.29, 1.82) is 0 Å². The summed E-state index contributed by atoms with van der Waals surface area (Å²) in [6, 6.07) is 9.36. The summed E-state index contributed by atoms with van der Waals surface area (Å²) in [7, 11) is 0. The van der Waals surface area contributed by atoms with Gasteiger partial charge in [-0.15, -0.1) is 0 Å². The van der Waals surface area contributed by atoms with E-state index in [4.69, 9.17) is 25.9 Å². The van der Waals surface area contributed by atoms with Crippen LogP contribution in [0.25, 0.3) is 33.5 Å². The predicted molar refractivity (Wildman–Crippen MR) is 113 cm³/mol. The van der Waals surface area contributed by atoms with Crippen molar-refractivity contribution in [2.75, 3.05) is 5.32 Å². The van der Waals surface area contributed by atoms with Gasteiger partial charge in [0.25, 0.3) is 0 Å². The number of rotatable bonds is 3. The van der Waals surface area contributed by atoms with Crippen molar-refractivity contribution in [3.8, 4) is 11.6 Å². The summed E-state index contributed by atoms with van der Waals surface area (Å²) >= 11 is 6.28. The number of halogens is 4. The number of H-pyrrole nitrogens is 1. The van der Waals surface area contributed by atoms with Gasteiger partial charge < -0.3 is 14.8 Å². The number of fused-ring (bicyclic) bond motifs is 2. The fraction of sp³-hybridized carbons (Fsp3) is 0.0500. The molecule has 0 bridgehead atoms. The number of nitrogens with zero attached hydrogens (tertiary/aromatic N) is 4. The Hall–Kier alpha value is -4.19. The molecule has 4 heterocycles. The van der Waals surface area contributed by atoms with E-state index in [1.165, 1.54) is 0 Å². The Balaban J connectivity index is 0.000000325. The van der Waals surface area contributed by atoms with Gasteiger partial charge in [-0.3, -0.25) is 10.1 Å². The number of hydrogen-bond donors (Lipinski definition) is 3. The second-order valence-electron chi connectivity index (χ2n) is 6.42. The molecule has 0 radical (unpaired) electrons. The minimum Gasteiger partial charge on any atom is -0.475 e. The molecule has 0 unspecified atom stereocenters. The fourth-order valence-corrected chi connectivity index (χ4v) is 3.16.